The lowest BCUT2D eigenvalue weighted by atomic mass is 9.99. The van der Waals surface area contributed by atoms with Gasteiger partial charge in [-0.05, 0) is 125 Å². The third-order valence-corrected chi connectivity index (χ3v) is 9.30. The van der Waals surface area contributed by atoms with E-state index in [4.69, 9.17) is 4.42 Å². The monoisotopic (exact) mass is 652 g/mol. The van der Waals surface area contributed by atoms with Crippen LogP contribution in [0.5, 0.6) is 0 Å². The van der Waals surface area contributed by atoms with E-state index >= 15 is 0 Å². The maximum atomic E-state index is 6.31. The standard InChI is InChI=1S/C48H32N2O/c1-5-13-39(14-6-1)49(40-15-7-2-8-16-40)43-27-21-35(22-28-43)37-25-31-47-45(33-37)46-34-38(26-32-48(46)51-47)36-23-29-44(30-24-36)50(41-17-9-3-10-18-41)42-19-11-4-12-20-42/h1-11,13-19,21-34H. The minimum atomic E-state index is 0.880. The molecular formula is C48H32N2O. The highest BCUT2D eigenvalue weighted by Gasteiger charge is 2.15. The molecule has 0 radical (unpaired) electrons. The van der Waals surface area contributed by atoms with Crippen LogP contribution in [0.4, 0.5) is 34.1 Å². The van der Waals surface area contributed by atoms with E-state index in [2.05, 4.69) is 198 Å². The summed E-state index contributed by atoms with van der Waals surface area (Å²) in [7, 11) is 0. The Bertz CT molecular complexity index is 2280. The molecular weight excluding hydrogens is 621 g/mol. The van der Waals surface area contributed by atoms with E-state index < -0.39 is 0 Å². The summed E-state index contributed by atoms with van der Waals surface area (Å²) in [5.74, 6) is 0. The smallest absolute Gasteiger partial charge is 0.135 e. The zero-order valence-electron chi connectivity index (χ0n) is 27.8. The van der Waals surface area contributed by atoms with Gasteiger partial charge in [0.15, 0.2) is 0 Å². The van der Waals surface area contributed by atoms with Crippen LogP contribution in [0.15, 0.2) is 199 Å². The zero-order valence-corrected chi connectivity index (χ0v) is 27.8. The normalized spacial score (nSPS) is 11.0. The van der Waals surface area contributed by atoms with Gasteiger partial charge in [0.05, 0.1) is 5.69 Å². The van der Waals surface area contributed by atoms with Gasteiger partial charge in [0.25, 0.3) is 0 Å². The second-order valence-electron chi connectivity index (χ2n) is 12.5. The SMILES string of the molecule is c1cccc(N(c2ccccc2)c2ccc(-c3ccc4oc5ccc(-c6ccc(N(c7ccccc7)c7ccccc7)cc6)cc5c4c3)cc2)c#1. The molecule has 1 heterocycles. The van der Waals surface area contributed by atoms with Gasteiger partial charge in [-0.3, -0.25) is 0 Å². The molecule has 0 spiro atoms. The summed E-state index contributed by atoms with van der Waals surface area (Å²) in [6.07, 6.45) is 0. The third-order valence-electron chi connectivity index (χ3n) is 9.30. The van der Waals surface area contributed by atoms with Crippen molar-refractivity contribution in [3.63, 3.8) is 0 Å². The van der Waals surface area contributed by atoms with Crippen LogP contribution < -0.4 is 9.80 Å². The van der Waals surface area contributed by atoms with Crippen LogP contribution in [-0.4, -0.2) is 0 Å². The van der Waals surface area contributed by atoms with Gasteiger partial charge in [-0.25, -0.2) is 0 Å². The number of furan rings is 1. The topological polar surface area (TPSA) is 19.6 Å². The molecule has 8 aromatic carbocycles. The molecule has 51 heavy (non-hydrogen) atoms. The highest BCUT2D eigenvalue weighted by molar-refractivity contribution is 6.07. The van der Waals surface area contributed by atoms with Crippen molar-refractivity contribution in [1.29, 1.82) is 0 Å². The Morgan fingerprint density at radius 3 is 1.22 bits per heavy atom. The number of hydrogen-bond donors (Lipinski definition) is 0. The number of nitrogens with zero attached hydrogens (tertiary/aromatic N) is 2. The average molecular weight is 653 g/mol. The van der Waals surface area contributed by atoms with Gasteiger partial charge in [0, 0.05) is 39.2 Å². The maximum Gasteiger partial charge on any atom is 0.135 e. The van der Waals surface area contributed by atoms with Crippen molar-refractivity contribution in [3.8, 4) is 22.3 Å². The van der Waals surface area contributed by atoms with E-state index in [9.17, 15) is 0 Å². The molecule has 0 N–H and O–H groups in total. The molecule has 0 aliphatic heterocycles. The first-order valence-corrected chi connectivity index (χ1v) is 17.1. The number of para-hydroxylation sites is 3. The van der Waals surface area contributed by atoms with E-state index in [-0.39, 0.29) is 0 Å². The van der Waals surface area contributed by atoms with Gasteiger partial charge in [-0.1, -0.05) is 103 Å². The summed E-state index contributed by atoms with van der Waals surface area (Å²) in [4.78, 5) is 4.48. The fraction of sp³-hybridized carbons (Fsp3) is 0. The molecule has 0 saturated carbocycles. The Morgan fingerprint density at radius 1 is 0.353 bits per heavy atom. The van der Waals surface area contributed by atoms with Gasteiger partial charge in [-0.2, -0.15) is 0 Å². The molecule has 0 aliphatic carbocycles. The molecule has 3 nitrogen and oxygen atoms in total. The second-order valence-corrected chi connectivity index (χ2v) is 12.5. The molecule has 9 rings (SSSR count). The predicted octanol–water partition coefficient (Wildman–Crippen LogP) is 13.5. The average Bonchev–Trinajstić information content (AvgIpc) is 3.58. The highest BCUT2D eigenvalue weighted by atomic mass is 16.3. The summed E-state index contributed by atoms with van der Waals surface area (Å²) in [5.41, 5.74) is 12.8. The summed E-state index contributed by atoms with van der Waals surface area (Å²) >= 11 is 0. The van der Waals surface area contributed by atoms with Gasteiger partial charge in [0.1, 0.15) is 11.2 Å². The Morgan fingerprint density at radius 2 is 0.765 bits per heavy atom. The van der Waals surface area contributed by atoms with Crippen LogP contribution in [0.25, 0.3) is 44.2 Å². The second kappa shape index (κ2) is 13.1. The Labute approximate surface area is 297 Å². The van der Waals surface area contributed by atoms with E-state index in [1.807, 2.05) is 18.2 Å². The summed E-state index contributed by atoms with van der Waals surface area (Å²) in [6, 6.07) is 74.1. The number of fused-ring (bicyclic) bond motifs is 3. The Hall–Kier alpha value is -7.02. The first kappa shape index (κ1) is 30.1. The predicted molar refractivity (Wildman–Crippen MR) is 212 cm³/mol. The number of anilines is 6. The first-order chi connectivity index (χ1) is 25.3. The van der Waals surface area contributed by atoms with Crippen molar-refractivity contribution in [2.45, 2.75) is 0 Å². The molecule has 3 heteroatoms. The first-order valence-electron chi connectivity index (χ1n) is 17.1. The fourth-order valence-corrected chi connectivity index (χ4v) is 6.82. The quantitative estimate of drug-likeness (QED) is 0.163. The minimum absolute atomic E-state index is 0.880. The zero-order chi connectivity index (χ0) is 34.0. The molecule has 1 aromatic heterocycles. The molecule has 0 saturated heterocycles. The number of benzene rings is 7. The van der Waals surface area contributed by atoms with Crippen LogP contribution in [0, 0.1) is 12.1 Å². The number of rotatable bonds is 8. The molecule has 0 fully saturated rings. The fourth-order valence-electron chi connectivity index (χ4n) is 6.82. The van der Waals surface area contributed by atoms with Crippen LogP contribution in [-0.2, 0) is 0 Å². The van der Waals surface area contributed by atoms with Crippen LogP contribution in [0.1, 0.15) is 0 Å². The lowest BCUT2D eigenvalue weighted by molar-refractivity contribution is 0.669. The van der Waals surface area contributed by atoms with E-state index in [0.29, 0.717) is 0 Å². The van der Waals surface area contributed by atoms with Crippen molar-refractivity contribution in [1.82, 2.24) is 0 Å². The molecule has 0 bridgehead atoms. The largest absolute Gasteiger partial charge is 0.456 e. The van der Waals surface area contributed by atoms with Crippen LogP contribution in [0.3, 0.4) is 0 Å². The molecule has 0 amide bonds. The maximum absolute atomic E-state index is 6.31. The van der Waals surface area contributed by atoms with Gasteiger partial charge in [0.2, 0.25) is 0 Å². The van der Waals surface area contributed by atoms with Crippen LogP contribution >= 0.6 is 0 Å². The van der Waals surface area contributed by atoms with Crippen molar-refractivity contribution < 1.29 is 4.42 Å². The molecule has 9 aromatic rings. The van der Waals surface area contributed by atoms with Gasteiger partial charge in [-0.15, -0.1) is 0 Å². The van der Waals surface area contributed by atoms with Crippen molar-refractivity contribution in [3.05, 3.63) is 206 Å². The highest BCUT2D eigenvalue weighted by Crippen LogP contribution is 2.39. The Kier molecular flexibility index (Phi) is 7.74. The van der Waals surface area contributed by atoms with Crippen LogP contribution in [0.2, 0.25) is 0 Å². The third kappa shape index (κ3) is 5.86. The summed E-state index contributed by atoms with van der Waals surface area (Å²) in [6.45, 7) is 0. The van der Waals surface area contributed by atoms with E-state index in [1.165, 1.54) is 0 Å². The van der Waals surface area contributed by atoms with E-state index in [1.54, 1.807) is 0 Å². The summed E-state index contributed by atoms with van der Waals surface area (Å²) in [5, 5.41) is 2.20. The number of hydrogen-bond acceptors (Lipinski definition) is 3. The molecule has 0 unspecified atom stereocenters. The van der Waals surface area contributed by atoms with Gasteiger partial charge >= 0.3 is 0 Å². The minimum Gasteiger partial charge on any atom is -0.456 e. The van der Waals surface area contributed by atoms with E-state index in [0.717, 1.165) is 78.3 Å². The molecule has 0 atom stereocenters. The lowest BCUT2D eigenvalue weighted by Gasteiger charge is -2.25. The molecule has 240 valence electrons. The van der Waals surface area contributed by atoms with Crippen molar-refractivity contribution in [2.24, 2.45) is 0 Å². The van der Waals surface area contributed by atoms with Gasteiger partial charge < -0.3 is 14.2 Å². The summed E-state index contributed by atoms with van der Waals surface area (Å²) < 4.78 is 6.31. The van der Waals surface area contributed by atoms with Crippen molar-refractivity contribution >= 4 is 56.1 Å². The molecule has 0 aliphatic rings. The Balaban J connectivity index is 1.04. The lowest BCUT2D eigenvalue weighted by Crippen LogP contribution is -2.09. The van der Waals surface area contributed by atoms with Crippen molar-refractivity contribution in [2.75, 3.05) is 9.80 Å².